The largest absolute Gasteiger partial charge is 0.344 e. The van der Waals surface area contributed by atoms with Gasteiger partial charge in [-0.15, -0.1) is 0 Å². The monoisotopic (exact) mass is 1220 g/mol. The third kappa shape index (κ3) is 11.2. The summed E-state index contributed by atoms with van der Waals surface area (Å²) in [6, 6.07) is 25.5. The van der Waals surface area contributed by atoms with Crippen LogP contribution in [0.25, 0.3) is 77.6 Å². The molecule has 0 bridgehead atoms. The molecule has 414 valence electrons. The fourth-order valence-electron chi connectivity index (χ4n) is 9.16. The smallest absolute Gasteiger partial charge is 0.338 e. The minimum atomic E-state index is -0.609. The number of piperidine rings is 1. The molecule has 12 aromatic rings. The fraction of sp³-hybridized carbons (Fsp3) is 0.189. The number of aromatic nitrogens is 17. The van der Waals surface area contributed by atoms with Crippen molar-refractivity contribution in [3.05, 3.63) is 178 Å². The normalized spacial score (nSPS) is 12.7. The Kier molecular flexibility index (Phi) is 14.5. The van der Waals surface area contributed by atoms with Crippen molar-refractivity contribution in [2.75, 3.05) is 18.0 Å². The van der Waals surface area contributed by atoms with Gasteiger partial charge in [0.25, 0.3) is 11.5 Å². The van der Waals surface area contributed by atoms with Gasteiger partial charge in [0.2, 0.25) is 28.8 Å². The van der Waals surface area contributed by atoms with Crippen molar-refractivity contribution in [2.45, 2.75) is 52.7 Å². The van der Waals surface area contributed by atoms with Crippen LogP contribution in [0.15, 0.2) is 131 Å². The van der Waals surface area contributed by atoms with Crippen LogP contribution in [0, 0.1) is 13.8 Å². The van der Waals surface area contributed by atoms with Gasteiger partial charge in [0, 0.05) is 81.6 Å². The van der Waals surface area contributed by atoms with E-state index in [1.807, 2.05) is 29.2 Å². The Morgan fingerprint density at radius 3 is 1.63 bits per heavy atom. The van der Waals surface area contributed by atoms with Crippen molar-refractivity contribution >= 4 is 75.3 Å². The van der Waals surface area contributed by atoms with Crippen molar-refractivity contribution in [1.29, 1.82) is 0 Å². The van der Waals surface area contributed by atoms with Crippen LogP contribution >= 0.6 is 69.4 Å². The van der Waals surface area contributed by atoms with E-state index in [4.69, 9.17) is 68.5 Å². The molecule has 1 saturated heterocycles. The number of benzene rings is 2. The van der Waals surface area contributed by atoms with Crippen LogP contribution in [0.2, 0.25) is 15.1 Å². The molecule has 0 spiro atoms. The average Bonchev–Trinajstić information content (AvgIpc) is 3.92. The highest BCUT2D eigenvalue weighted by Gasteiger charge is 2.32. The highest BCUT2D eigenvalue weighted by atomic mass is 35.5. The maximum Gasteiger partial charge on any atom is 0.344 e. The Morgan fingerprint density at radius 1 is 0.542 bits per heavy atom. The Morgan fingerprint density at radius 2 is 1.06 bits per heavy atom. The highest BCUT2D eigenvalue weighted by Crippen LogP contribution is 2.30. The minimum Gasteiger partial charge on any atom is -0.338 e. The molecule has 0 unspecified atom stereocenters. The maximum absolute atomic E-state index is 14.9. The Bertz CT molecular complexity index is 4630. The van der Waals surface area contributed by atoms with Crippen LogP contribution in [0.5, 0.6) is 0 Å². The molecule has 13 rings (SSSR count). The van der Waals surface area contributed by atoms with Crippen LogP contribution in [-0.2, 0) is 19.6 Å². The van der Waals surface area contributed by atoms with Gasteiger partial charge < -0.3 is 9.42 Å². The standard InChI is InChI=1S/C53H39Cl3N18O6S3/c1-28-16-36(25-70-44(75)13-12-38(62-70)45-59-48(81-66-45)30-8-6-10-33(54)18-30)79-73(28)41-21-39(47-61-50(83-68-47)32-20-35(56)24-57-23-32)63-71(51(41)76)26-37-17-29(2)74(80-37)42-22-40(46-60-49(82-67-46)31-9-7-11-34(55)19-31)64-72(52(42)77)27-43-58-53(65-78-43)69-14-4-3-5-15-69/h6-13,16-24H,3-5,14-15,25-27H2,1-2H3/q+2. The van der Waals surface area contributed by atoms with E-state index in [0.717, 1.165) is 66.5 Å². The molecular weight excluding hydrogens is 1190 g/mol. The summed E-state index contributed by atoms with van der Waals surface area (Å²) in [7, 11) is 0. The van der Waals surface area contributed by atoms with E-state index in [0.29, 0.717) is 64.5 Å². The molecule has 83 heavy (non-hydrogen) atoms. The summed E-state index contributed by atoms with van der Waals surface area (Å²) < 4.78 is 38.5. The second kappa shape index (κ2) is 22.5. The molecule has 0 amide bonds. The summed E-state index contributed by atoms with van der Waals surface area (Å²) in [5.74, 6) is 1.84. The maximum atomic E-state index is 14.9. The lowest BCUT2D eigenvalue weighted by Gasteiger charge is -2.24. The van der Waals surface area contributed by atoms with Crippen LogP contribution < -0.4 is 31.1 Å². The van der Waals surface area contributed by atoms with Gasteiger partial charge in [0.1, 0.15) is 51.7 Å². The molecule has 30 heteroatoms. The van der Waals surface area contributed by atoms with Gasteiger partial charge in [-0.3, -0.25) is 19.4 Å². The quantitative estimate of drug-likeness (QED) is 0.0876. The molecule has 24 nitrogen and oxygen atoms in total. The third-order valence-corrected chi connectivity index (χ3v) is 16.0. The number of hydrogen-bond donors (Lipinski definition) is 0. The zero-order valence-corrected chi connectivity index (χ0v) is 48.0. The van der Waals surface area contributed by atoms with Crippen molar-refractivity contribution in [3.8, 4) is 77.6 Å². The predicted octanol–water partition coefficient (Wildman–Crippen LogP) is 8.14. The van der Waals surface area contributed by atoms with Gasteiger partial charge in [-0.1, -0.05) is 59.1 Å². The summed E-state index contributed by atoms with van der Waals surface area (Å²) in [6.07, 6.45) is 6.25. The van der Waals surface area contributed by atoms with Gasteiger partial charge in [0.15, 0.2) is 17.5 Å². The van der Waals surface area contributed by atoms with E-state index in [1.54, 1.807) is 68.6 Å². The molecule has 1 fully saturated rings. The number of nitrogens with zero attached hydrogens (tertiary/aromatic N) is 18. The summed E-state index contributed by atoms with van der Waals surface area (Å²) in [6.45, 7) is 4.50. The predicted molar refractivity (Wildman–Crippen MR) is 306 cm³/mol. The summed E-state index contributed by atoms with van der Waals surface area (Å²) in [5, 5.41) is 21.4. The van der Waals surface area contributed by atoms with Crippen LogP contribution in [0.1, 0.15) is 48.1 Å². The van der Waals surface area contributed by atoms with E-state index in [-0.39, 0.29) is 71.5 Å². The highest BCUT2D eigenvalue weighted by molar-refractivity contribution is 7.09. The van der Waals surface area contributed by atoms with E-state index in [2.05, 4.69) is 38.3 Å². The van der Waals surface area contributed by atoms with E-state index >= 15 is 0 Å². The van der Waals surface area contributed by atoms with Crippen molar-refractivity contribution < 1.29 is 23.0 Å². The lowest BCUT2D eigenvalue weighted by atomic mass is 10.1. The molecule has 0 saturated carbocycles. The van der Waals surface area contributed by atoms with E-state index in [9.17, 15) is 14.4 Å². The second-order valence-corrected chi connectivity index (χ2v) is 22.5. The first kappa shape index (κ1) is 53.5. The molecule has 0 radical (unpaired) electrons. The third-order valence-electron chi connectivity index (χ3n) is 13.1. The Hall–Kier alpha value is -8.86. The topological polar surface area (TPSA) is 271 Å². The molecule has 10 aromatic heterocycles. The zero-order chi connectivity index (χ0) is 56.9. The summed E-state index contributed by atoms with van der Waals surface area (Å²) in [4.78, 5) is 68.0. The van der Waals surface area contributed by atoms with E-state index in [1.165, 1.54) is 59.5 Å². The molecule has 1 aliphatic heterocycles. The SMILES string of the molecule is Cc1cc(Cn2nc(-c3nsc(-c4cccc(Cl)c4)n3)ccc2=O)o[n+]1-c1cc(-c2nsc(-c3cncc(Cl)c3)n2)nn(Cc2cc(C)[n+](-c3cc(-c4nsc(-c5cccc(Cl)c5)n4)nn(Cc4nc(N5CCCCC5)no4)c3=O)o2)c1=O. The molecular formula is C53H39Cl3N18O6S3+2. The Labute approximate surface area is 494 Å². The lowest BCUT2D eigenvalue weighted by Crippen LogP contribution is -2.42. The van der Waals surface area contributed by atoms with Gasteiger partial charge in [-0.05, 0) is 95.4 Å². The summed E-state index contributed by atoms with van der Waals surface area (Å²) in [5.41, 5.74) is 2.36. The Balaban J connectivity index is 0.858. The summed E-state index contributed by atoms with van der Waals surface area (Å²) >= 11 is 22.3. The minimum absolute atomic E-state index is 0.0176. The fourth-order valence-corrected chi connectivity index (χ4v) is 11.7. The molecule has 0 atom stereocenters. The number of halogens is 3. The molecule has 0 N–H and O–H groups in total. The number of aryl methyl sites for hydroxylation is 2. The van der Waals surface area contributed by atoms with Crippen LogP contribution in [0.4, 0.5) is 5.95 Å². The lowest BCUT2D eigenvalue weighted by molar-refractivity contribution is -0.791. The van der Waals surface area contributed by atoms with Crippen molar-refractivity contribution in [2.24, 2.45) is 0 Å². The molecule has 2 aromatic carbocycles. The molecule has 0 aliphatic carbocycles. The number of rotatable bonds is 15. The van der Waals surface area contributed by atoms with Crippen LogP contribution in [0.3, 0.4) is 0 Å². The number of pyridine rings is 1. The van der Waals surface area contributed by atoms with Crippen molar-refractivity contribution in [3.63, 3.8) is 0 Å². The molecule has 1 aliphatic rings. The number of hydrogen-bond acceptors (Lipinski definition) is 22. The first-order valence-electron chi connectivity index (χ1n) is 25.4. The van der Waals surface area contributed by atoms with Gasteiger partial charge in [-0.2, -0.15) is 33.4 Å². The van der Waals surface area contributed by atoms with Gasteiger partial charge >= 0.3 is 22.5 Å². The number of anilines is 1. The van der Waals surface area contributed by atoms with Gasteiger partial charge in [0.05, 0.1) is 29.3 Å². The van der Waals surface area contributed by atoms with E-state index < -0.39 is 16.7 Å². The van der Waals surface area contributed by atoms with Crippen LogP contribution in [-0.4, -0.2) is 85.6 Å². The first-order valence-corrected chi connectivity index (χ1v) is 28.9. The molecule has 11 heterocycles. The second-order valence-electron chi connectivity index (χ2n) is 19.0. The first-order chi connectivity index (χ1) is 40.3. The average molecular weight is 1230 g/mol. The van der Waals surface area contributed by atoms with Crippen molar-refractivity contribution in [1.82, 2.24) is 72.5 Å². The zero-order valence-electron chi connectivity index (χ0n) is 43.3. The van der Waals surface area contributed by atoms with Gasteiger partial charge in [-0.25, -0.2) is 38.0 Å².